The number of carbonyl (C=O) groups is 1. The van der Waals surface area contributed by atoms with Crippen molar-refractivity contribution in [1.82, 2.24) is 4.57 Å². The number of fused-ring (bicyclic) bond motifs is 1. The molecule has 0 radical (unpaired) electrons. The molecule has 1 aromatic carbocycles. The van der Waals surface area contributed by atoms with Crippen molar-refractivity contribution in [2.24, 2.45) is 11.5 Å². The van der Waals surface area contributed by atoms with Gasteiger partial charge in [0.2, 0.25) is 0 Å². The molecule has 5 nitrogen and oxygen atoms in total. The van der Waals surface area contributed by atoms with Crippen LogP contribution < -0.4 is 11.5 Å². The van der Waals surface area contributed by atoms with Crippen LogP contribution in [0.4, 0.5) is 0 Å². The smallest absolute Gasteiger partial charge is 0.337 e. The summed E-state index contributed by atoms with van der Waals surface area (Å²) < 4.78 is 1.99. The van der Waals surface area contributed by atoms with E-state index in [1.807, 2.05) is 17.6 Å². The average molecular weight is 261 g/mol. The predicted octanol–water partition coefficient (Wildman–Crippen LogP) is 1.11. The number of nitrogens with two attached hydrogens (primary N) is 2. The van der Waals surface area contributed by atoms with Gasteiger partial charge in [-0.2, -0.15) is 0 Å². The number of carboxylic acid groups (broad SMARTS) is 1. The van der Waals surface area contributed by atoms with Gasteiger partial charge in [0, 0.05) is 24.2 Å². The molecule has 2 rings (SSSR count). The van der Waals surface area contributed by atoms with Crippen molar-refractivity contribution < 1.29 is 9.90 Å². The van der Waals surface area contributed by atoms with Gasteiger partial charge in [-0.05, 0) is 31.5 Å². The first-order valence-corrected chi connectivity index (χ1v) is 6.36. The second-order valence-electron chi connectivity index (χ2n) is 4.55. The number of aromatic nitrogens is 1. The van der Waals surface area contributed by atoms with Gasteiger partial charge in [0.05, 0.1) is 11.1 Å². The van der Waals surface area contributed by atoms with Crippen molar-refractivity contribution in [2.75, 3.05) is 13.1 Å². The summed E-state index contributed by atoms with van der Waals surface area (Å²) in [5.74, 6) is -0.916. The minimum Gasteiger partial charge on any atom is -0.478 e. The molecule has 1 heterocycles. The van der Waals surface area contributed by atoms with Gasteiger partial charge in [0.1, 0.15) is 0 Å². The number of hydrogen-bond donors (Lipinski definition) is 3. The summed E-state index contributed by atoms with van der Waals surface area (Å²) in [5, 5.41) is 10.3. The second-order valence-corrected chi connectivity index (χ2v) is 4.55. The van der Waals surface area contributed by atoms with Crippen LogP contribution in [0.2, 0.25) is 0 Å². The monoisotopic (exact) mass is 261 g/mol. The first-order valence-electron chi connectivity index (χ1n) is 6.36. The molecule has 0 bridgehead atoms. The van der Waals surface area contributed by atoms with E-state index in [0.29, 0.717) is 25.2 Å². The average Bonchev–Trinajstić information content (AvgIpc) is 2.65. The third-order valence-electron chi connectivity index (χ3n) is 3.45. The van der Waals surface area contributed by atoms with E-state index in [1.54, 1.807) is 12.1 Å². The van der Waals surface area contributed by atoms with Gasteiger partial charge in [0.25, 0.3) is 0 Å². The number of benzene rings is 1. The zero-order valence-electron chi connectivity index (χ0n) is 11.0. The quantitative estimate of drug-likeness (QED) is 0.751. The van der Waals surface area contributed by atoms with Crippen molar-refractivity contribution in [1.29, 1.82) is 0 Å². The van der Waals surface area contributed by atoms with E-state index in [9.17, 15) is 9.90 Å². The van der Waals surface area contributed by atoms with Gasteiger partial charge in [-0.1, -0.05) is 12.1 Å². The Bertz CT molecular complexity index is 617. The fourth-order valence-electron chi connectivity index (χ4n) is 2.64. The minimum atomic E-state index is -0.916. The van der Waals surface area contributed by atoms with Crippen LogP contribution in [-0.2, 0) is 13.0 Å². The highest BCUT2D eigenvalue weighted by Crippen LogP contribution is 2.29. The van der Waals surface area contributed by atoms with Crippen LogP contribution in [0.5, 0.6) is 0 Å². The maximum atomic E-state index is 11.4. The lowest BCUT2D eigenvalue weighted by atomic mass is 10.1. The van der Waals surface area contributed by atoms with Gasteiger partial charge in [-0.15, -0.1) is 0 Å². The van der Waals surface area contributed by atoms with Crippen LogP contribution in [-0.4, -0.2) is 28.7 Å². The third kappa shape index (κ3) is 2.22. The SMILES string of the molecule is Cc1c(CCN)c2cccc(C(=O)O)c2n1CCN. The molecule has 19 heavy (non-hydrogen) atoms. The van der Waals surface area contributed by atoms with Crippen molar-refractivity contribution in [3.05, 3.63) is 35.0 Å². The lowest BCUT2D eigenvalue weighted by Crippen LogP contribution is -2.13. The van der Waals surface area contributed by atoms with E-state index in [0.717, 1.165) is 28.6 Å². The summed E-state index contributed by atoms with van der Waals surface area (Å²) in [6, 6.07) is 5.36. The molecule has 102 valence electrons. The van der Waals surface area contributed by atoms with Gasteiger partial charge in [-0.3, -0.25) is 0 Å². The number of rotatable bonds is 5. The molecule has 0 fully saturated rings. The van der Waals surface area contributed by atoms with Gasteiger partial charge >= 0.3 is 5.97 Å². The fraction of sp³-hybridized carbons (Fsp3) is 0.357. The molecule has 0 unspecified atom stereocenters. The summed E-state index contributed by atoms with van der Waals surface area (Å²) in [7, 11) is 0. The molecule has 2 aromatic rings. The van der Waals surface area contributed by atoms with E-state index in [2.05, 4.69) is 0 Å². The minimum absolute atomic E-state index is 0.317. The molecule has 5 heteroatoms. The summed E-state index contributed by atoms with van der Waals surface area (Å²) in [5.41, 5.74) is 14.5. The number of aromatic carboxylic acids is 1. The molecule has 0 saturated carbocycles. The summed E-state index contributed by atoms with van der Waals surface area (Å²) in [6.45, 7) is 3.62. The van der Waals surface area contributed by atoms with Gasteiger partial charge in [0.15, 0.2) is 0 Å². The van der Waals surface area contributed by atoms with E-state index >= 15 is 0 Å². The maximum Gasteiger partial charge on any atom is 0.337 e. The van der Waals surface area contributed by atoms with Crippen LogP contribution in [0.15, 0.2) is 18.2 Å². The van der Waals surface area contributed by atoms with Crippen LogP contribution >= 0.6 is 0 Å². The van der Waals surface area contributed by atoms with E-state index in [1.165, 1.54) is 0 Å². The fourth-order valence-corrected chi connectivity index (χ4v) is 2.64. The Morgan fingerprint density at radius 2 is 2.05 bits per heavy atom. The number of nitrogens with zero attached hydrogens (tertiary/aromatic N) is 1. The van der Waals surface area contributed by atoms with Crippen molar-refractivity contribution in [3.8, 4) is 0 Å². The normalized spacial score (nSPS) is 11.1. The third-order valence-corrected chi connectivity index (χ3v) is 3.45. The lowest BCUT2D eigenvalue weighted by molar-refractivity contribution is 0.0698. The molecule has 1 aromatic heterocycles. The molecular weight excluding hydrogens is 242 g/mol. The maximum absolute atomic E-state index is 11.4. The Hall–Kier alpha value is -1.85. The Balaban J connectivity index is 2.81. The first-order chi connectivity index (χ1) is 9.11. The Labute approximate surface area is 111 Å². The second kappa shape index (κ2) is 5.42. The molecule has 0 aliphatic heterocycles. The lowest BCUT2D eigenvalue weighted by Gasteiger charge is -2.08. The molecule has 0 aliphatic carbocycles. The molecule has 0 aliphatic rings. The number of hydrogen-bond acceptors (Lipinski definition) is 3. The molecule has 0 saturated heterocycles. The zero-order chi connectivity index (χ0) is 14.0. The number of carboxylic acids is 1. The highest BCUT2D eigenvalue weighted by molar-refractivity contribution is 6.03. The molecule has 0 atom stereocenters. The molecular formula is C14H19N3O2. The van der Waals surface area contributed by atoms with E-state index in [4.69, 9.17) is 11.5 Å². The Kier molecular flexibility index (Phi) is 3.87. The first kappa shape index (κ1) is 13.6. The number of para-hydroxylation sites is 1. The summed E-state index contributed by atoms with van der Waals surface area (Å²) >= 11 is 0. The topological polar surface area (TPSA) is 94.3 Å². The van der Waals surface area contributed by atoms with Crippen molar-refractivity contribution in [3.63, 3.8) is 0 Å². The van der Waals surface area contributed by atoms with Crippen LogP contribution in [0.3, 0.4) is 0 Å². The Morgan fingerprint density at radius 3 is 2.63 bits per heavy atom. The summed E-state index contributed by atoms with van der Waals surface area (Å²) in [4.78, 5) is 11.4. The largest absolute Gasteiger partial charge is 0.478 e. The van der Waals surface area contributed by atoms with Crippen LogP contribution in [0.1, 0.15) is 21.6 Å². The van der Waals surface area contributed by atoms with E-state index in [-0.39, 0.29) is 0 Å². The highest BCUT2D eigenvalue weighted by Gasteiger charge is 2.18. The van der Waals surface area contributed by atoms with Crippen molar-refractivity contribution in [2.45, 2.75) is 19.9 Å². The van der Waals surface area contributed by atoms with Crippen LogP contribution in [0, 0.1) is 6.92 Å². The molecule has 0 spiro atoms. The van der Waals surface area contributed by atoms with Crippen molar-refractivity contribution >= 4 is 16.9 Å². The van der Waals surface area contributed by atoms with E-state index < -0.39 is 5.97 Å². The highest BCUT2D eigenvalue weighted by atomic mass is 16.4. The summed E-state index contributed by atoms with van der Waals surface area (Å²) in [6.07, 6.45) is 0.739. The molecule has 0 amide bonds. The van der Waals surface area contributed by atoms with Gasteiger partial charge < -0.3 is 21.1 Å². The van der Waals surface area contributed by atoms with Crippen LogP contribution in [0.25, 0.3) is 10.9 Å². The Morgan fingerprint density at radius 1 is 1.32 bits per heavy atom. The molecule has 5 N–H and O–H groups in total. The standard InChI is InChI=1S/C14H19N3O2/c1-9-10(5-6-15)11-3-2-4-12(14(18)19)13(11)17(9)8-7-16/h2-4H,5-8,15-16H2,1H3,(H,18,19). The van der Waals surface area contributed by atoms with Gasteiger partial charge in [-0.25, -0.2) is 4.79 Å². The zero-order valence-corrected chi connectivity index (χ0v) is 11.0. The predicted molar refractivity (Wildman–Crippen MR) is 75.4 cm³/mol.